The van der Waals surface area contributed by atoms with Crippen LogP contribution in [0.2, 0.25) is 5.02 Å². The second-order valence-electron chi connectivity index (χ2n) is 10.1. The highest BCUT2D eigenvalue weighted by atomic mass is 35.5. The second kappa shape index (κ2) is 10.4. The summed E-state index contributed by atoms with van der Waals surface area (Å²) >= 11 is 6.29. The minimum Gasteiger partial charge on any atom is -0.480 e. The summed E-state index contributed by atoms with van der Waals surface area (Å²) in [5.74, 6) is -5.32. The fourth-order valence-electron chi connectivity index (χ4n) is 5.67. The third kappa shape index (κ3) is 4.83. The zero-order valence-electron chi connectivity index (χ0n) is 21.9. The van der Waals surface area contributed by atoms with Gasteiger partial charge >= 0.3 is 11.9 Å². The summed E-state index contributed by atoms with van der Waals surface area (Å²) in [6.45, 7) is 3.03. The van der Waals surface area contributed by atoms with Crippen molar-refractivity contribution in [2.24, 2.45) is 11.8 Å². The van der Waals surface area contributed by atoms with E-state index >= 15 is 0 Å². The zero-order chi connectivity index (χ0) is 29.6. The number of nitro groups is 1. The number of nitro benzene ring substituents is 1. The molecule has 0 radical (unpaired) electrons. The molecule has 2 N–H and O–H groups in total. The number of fused-ring (bicyclic) bond motifs is 1. The smallest absolute Gasteiger partial charge is 0.325 e. The van der Waals surface area contributed by atoms with Crippen LogP contribution < -0.4 is 15.0 Å². The zero-order valence-corrected chi connectivity index (χ0v) is 22.6. The van der Waals surface area contributed by atoms with E-state index in [4.69, 9.17) is 16.3 Å². The standard InChI is InChI=1S/C29H24ClN3O8/c1-15-3-8-20(13-22(15)30)32-26(35)23-24(27(32)36)29(28(37)38,14-17-4-9-19(10-5-17)33(39)40)31-25(23)18-6-11-21(12-7-18)41-16(2)34/h3-13,23-25,31H,14H2,1-2H3,(H,37,38). The summed E-state index contributed by atoms with van der Waals surface area (Å²) in [6.07, 6.45) is -0.231. The number of carboxylic acids is 1. The number of carbonyl (C=O) groups excluding carboxylic acids is 3. The van der Waals surface area contributed by atoms with Crippen molar-refractivity contribution in [3.63, 3.8) is 0 Å². The molecule has 41 heavy (non-hydrogen) atoms. The molecule has 5 rings (SSSR count). The van der Waals surface area contributed by atoms with Crippen molar-refractivity contribution in [3.05, 3.63) is 98.6 Å². The Kier molecular flexibility index (Phi) is 7.10. The lowest BCUT2D eigenvalue weighted by Gasteiger charge is -2.31. The largest absolute Gasteiger partial charge is 0.480 e. The van der Waals surface area contributed by atoms with E-state index in [2.05, 4.69) is 5.32 Å². The molecule has 4 atom stereocenters. The summed E-state index contributed by atoms with van der Waals surface area (Å²) in [6, 6.07) is 15.4. The van der Waals surface area contributed by atoms with E-state index in [1.165, 1.54) is 49.4 Å². The predicted octanol–water partition coefficient (Wildman–Crippen LogP) is 4.00. The van der Waals surface area contributed by atoms with Gasteiger partial charge in [0, 0.05) is 36.5 Å². The fourth-order valence-corrected chi connectivity index (χ4v) is 5.84. The number of halogens is 1. The lowest BCUT2D eigenvalue weighted by atomic mass is 9.76. The number of anilines is 1. The van der Waals surface area contributed by atoms with Crippen LogP contribution in [-0.2, 0) is 25.6 Å². The van der Waals surface area contributed by atoms with E-state index in [-0.39, 0.29) is 23.5 Å². The molecule has 210 valence electrons. The number of benzene rings is 3. The molecule has 3 aromatic rings. The van der Waals surface area contributed by atoms with Gasteiger partial charge in [0.15, 0.2) is 0 Å². The Morgan fingerprint density at radius 3 is 2.29 bits per heavy atom. The highest BCUT2D eigenvalue weighted by molar-refractivity contribution is 6.32. The number of amides is 2. The monoisotopic (exact) mass is 577 g/mol. The number of aliphatic carboxylic acids is 1. The average molecular weight is 578 g/mol. The number of nitrogens with zero attached hydrogens (tertiary/aromatic N) is 2. The van der Waals surface area contributed by atoms with Crippen LogP contribution >= 0.6 is 11.6 Å². The molecule has 2 saturated heterocycles. The summed E-state index contributed by atoms with van der Waals surface area (Å²) in [4.78, 5) is 63.9. The molecule has 0 aromatic heterocycles. The molecular formula is C29H24ClN3O8. The van der Waals surface area contributed by atoms with E-state index in [1.54, 1.807) is 31.2 Å². The number of esters is 1. The number of ether oxygens (including phenoxy) is 1. The van der Waals surface area contributed by atoms with Crippen LogP contribution in [0.5, 0.6) is 5.75 Å². The number of imide groups is 1. The molecule has 2 fully saturated rings. The molecule has 2 aliphatic rings. The van der Waals surface area contributed by atoms with Gasteiger partial charge in [0.1, 0.15) is 11.3 Å². The lowest BCUT2D eigenvalue weighted by Crippen LogP contribution is -2.57. The molecule has 0 aliphatic carbocycles. The van der Waals surface area contributed by atoms with E-state index in [0.717, 1.165) is 10.5 Å². The van der Waals surface area contributed by atoms with Gasteiger partial charge in [0.25, 0.3) is 5.69 Å². The Hall–Kier alpha value is -4.61. The minimum atomic E-state index is -1.93. The van der Waals surface area contributed by atoms with E-state index in [1.807, 2.05) is 0 Å². The van der Waals surface area contributed by atoms with Gasteiger partial charge in [-0.3, -0.25) is 34.6 Å². The fraction of sp³-hybridized carbons (Fsp3) is 0.241. The van der Waals surface area contributed by atoms with E-state index in [9.17, 15) is 34.4 Å². The molecular weight excluding hydrogens is 554 g/mol. The van der Waals surface area contributed by atoms with Crippen LogP contribution in [0.4, 0.5) is 11.4 Å². The summed E-state index contributed by atoms with van der Waals surface area (Å²) in [5, 5.41) is 25.2. The SMILES string of the molecule is CC(=O)Oc1ccc(C2NC(Cc3ccc([N+](=O)[O-])cc3)(C(=O)O)C3C(=O)N(c4ccc(C)c(Cl)c4)C(=O)C23)cc1. The first kappa shape index (κ1) is 27.9. The Labute approximate surface area is 238 Å². The number of aryl methyl sites for hydroxylation is 1. The number of non-ortho nitro benzene ring substituents is 1. The maximum atomic E-state index is 14.0. The highest BCUT2D eigenvalue weighted by Crippen LogP contribution is 2.51. The second-order valence-corrected chi connectivity index (χ2v) is 10.5. The van der Waals surface area contributed by atoms with Gasteiger partial charge < -0.3 is 9.84 Å². The normalized spacial score (nSPS) is 23.4. The van der Waals surface area contributed by atoms with Crippen molar-refractivity contribution in [1.29, 1.82) is 0 Å². The number of carbonyl (C=O) groups is 4. The predicted molar refractivity (Wildman–Crippen MR) is 146 cm³/mol. The van der Waals surface area contributed by atoms with Crippen LogP contribution in [0, 0.1) is 28.9 Å². The third-order valence-corrected chi connectivity index (χ3v) is 7.99. The van der Waals surface area contributed by atoms with Gasteiger partial charge in [-0.2, -0.15) is 0 Å². The maximum absolute atomic E-state index is 14.0. The van der Waals surface area contributed by atoms with Crippen molar-refractivity contribution in [2.75, 3.05) is 4.90 Å². The Morgan fingerprint density at radius 1 is 1.07 bits per heavy atom. The lowest BCUT2D eigenvalue weighted by molar-refractivity contribution is -0.384. The molecule has 2 amide bonds. The first-order chi connectivity index (χ1) is 19.4. The molecule has 0 saturated carbocycles. The Balaban J connectivity index is 1.61. The molecule has 2 heterocycles. The van der Waals surface area contributed by atoms with Crippen molar-refractivity contribution < 1.29 is 33.9 Å². The minimum absolute atomic E-state index is 0.171. The van der Waals surface area contributed by atoms with E-state index in [0.29, 0.717) is 16.1 Å². The van der Waals surface area contributed by atoms with Crippen molar-refractivity contribution in [1.82, 2.24) is 5.32 Å². The molecule has 11 nitrogen and oxygen atoms in total. The van der Waals surface area contributed by atoms with Crippen molar-refractivity contribution >= 4 is 46.7 Å². The number of rotatable bonds is 7. The molecule has 12 heteroatoms. The van der Waals surface area contributed by atoms with Gasteiger partial charge in [-0.25, -0.2) is 4.90 Å². The molecule has 4 unspecified atom stereocenters. The van der Waals surface area contributed by atoms with Gasteiger partial charge in [0.05, 0.1) is 22.4 Å². The molecule has 3 aromatic carbocycles. The van der Waals surface area contributed by atoms with Gasteiger partial charge in [0.2, 0.25) is 11.8 Å². The Morgan fingerprint density at radius 2 is 1.73 bits per heavy atom. The van der Waals surface area contributed by atoms with Crippen LogP contribution in [0.3, 0.4) is 0 Å². The van der Waals surface area contributed by atoms with Gasteiger partial charge in [-0.15, -0.1) is 0 Å². The van der Waals surface area contributed by atoms with Crippen LogP contribution in [0.15, 0.2) is 66.7 Å². The first-order valence-electron chi connectivity index (χ1n) is 12.6. The maximum Gasteiger partial charge on any atom is 0.325 e. The summed E-state index contributed by atoms with van der Waals surface area (Å²) in [5.41, 5.74) is -0.213. The van der Waals surface area contributed by atoms with Gasteiger partial charge in [-0.1, -0.05) is 41.9 Å². The first-order valence-corrected chi connectivity index (χ1v) is 13.0. The van der Waals surface area contributed by atoms with Crippen LogP contribution in [-0.4, -0.2) is 39.3 Å². The molecule has 2 aliphatic heterocycles. The van der Waals surface area contributed by atoms with Crippen molar-refractivity contribution in [3.8, 4) is 5.75 Å². The summed E-state index contributed by atoms with van der Waals surface area (Å²) in [7, 11) is 0. The summed E-state index contributed by atoms with van der Waals surface area (Å²) < 4.78 is 5.09. The number of carboxylic acid groups (broad SMARTS) is 1. The van der Waals surface area contributed by atoms with Crippen molar-refractivity contribution in [2.45, 2.75) is 31.8 Å². The average Bonchev–Trinajstić information content (AvgIpc) is 3.40. The quantitative estimate of drug-likeness (QED) is 0.139. The van der Waals surface area contributed by atoms with Crippen LogP contribution in [0.1, 0.15) is 29.7 Å². The Bertz CT molecular complexity index is 1590. The van der Waals surface area contributed by atoms with E-state index < -0.39 is 52.1 Å². The molecule has 0 bridgehead atoms. The number of hydrogen-bond acceptors (Lipinski definition) is 8. The highest BCUT2D eigenvalue weighted by Gasteiger charge is 2.68. The van der Waals surface area contributed by atoms with Crippen LogP contribution in [0.25, 0.3) is 0 Å². The third-order valence-electron chi connectivity index (χ3n) is 7.58. The number of nitrogens with one attached hydrogen (secondary N) is 1. The number of hydrogen-bond donors (Lipinski definition) is 2. The molecule has 0 spiro atoms. The van der Waals surface area contributed by atoms with Gasteiger partial charge in [-0.05, 0) is 47.9 Å². The topological polar surface area (TPSA) is 156 Å².